The summed E-state index contributed by atoms with van der Waals surface area (Å²) in [6, 6.07) is 10.2. The molecule has 1 aliphatic rings. The van der Waals surface area contributed by atoms with Gasteiger partial charge in [0.1, 0.15) is 5.58 Å². The summed E-state index contributed by atoms with van der Waals surface area (Å²) in [5.74, 6) is -0.436. The molecular formula is C23H21BrN2O6. The number of non-ortho nitro benzene ring substituents is 1. The number of ether oxygens (including phenoxy) is 1. The van der Waals surface area contributed by atoms with E-state index in [1.807, 2.05) is 13.8 Å². The van der Waals surface area contributed by atoms with Gasteiger partial charge in [0, 0.05) is 29.8 Å². The SMILES string of the molecule is CC(C)OCCCN1C(=O)c2oc3ccc(Br)cc3c(=O)c2[C@H]1c1cccc([N+](=O)[O-])c1. The third-order valence-corrected chi connectivity index (χ3v) is 5.81. The average Bonchev–Trinajstić information content (AvgIpc) is 3.04. The van der Waals surface area contributed by atoms with Crippen molar-refractivity contribution in [3.05, 3.63) is 84.2 Å². The standard InChI is InChI=1S/C23H21BrN2O6/c1-13(2)31-10-4-9-25-20(14-5-3-6-16(11-14)26(29)30)19-21(27)17-12-15(24)7-8-18(17)32-22(19)23(25)28/h3,5-8,11-13,20H,4,9-10H2,1-2H3/t20-/m1/s1. The molecule has 2 heterocycles. The quantitative estimate of drug-likeness (QED) is 0.261. The molecule has 4 rings (SSSR count). The molecule has 0 saturated carbocycles. The highest BCUT2D eigenvalue weighted by atomic mass is 79.9. The average molecular weight is 501 g/mol. The van der Waals surface area contributed by atoms with Gasteiger partial charge in [-0.2, -0.15) is 0 Å². The molecule has 9 heteroatoms. The summed E-state index contributed by atoms with van der Waals surface area (Å²) >= 11 is 3.36. The van der Waals surface area contributed by atoms with Gasteiger partial charge in [-0.15, -0.1) is 0 Å². The lowest BCUT2D eigenvalue weighted by Crippen LogP contribution is -2.31. The van der Waals surface area contributed by atoms with Crippen LogP contribution in [0.2, 0.25) is 0 Å². The van der Waals surface area contributed by atoms with Crippen molar-refractivity contribution in [3.63, 3.8) is 0 Å². The summed E-state index contributed by atoms with van der Waals surface area (Å²) in [5.41, 5.74) is 0.560. The number of fused-ring (bicyclic) bond motifs is 2. The van der Waals surface area contributed by atoms with Crippen LogP contribution in [0.4, 0.5) is 5.69 Å². The molecule has 0 radical (unpaired) electrons. The van der Waals surface area contributed by atoms with Crippen LogP contribution >= 0.6 is 15.9 Å². The summed E-state index contributed by atoms with van der Waals surface area (Å²) < 4.78 is 12.2. The van der Waals surface area contributed by atoms with Crippen molar-refractivity contribution in [1.82, 2.24) is 4.90 Å². The number of hydrogen-bond donors (Lipinski definition) is 0. The Morgan fingerprint density at radius 1 is 1.22 bits per heavy atom. The van der Waals surface area contributed by atoms with E-state index in [-0.39, 0.29) is 28.5 Å². The number of hydrogen-bond acceptors (Lipinski definition) is 6. The second-order valence-electron chi connectivity index (χ2n) is 7.84. The predicted octanol–water partition coefficient (Wildman–Crippen LogP) is 4.82. The molecule has 32 heavy (non-hydrogen) atoms. The Morgan fingerprint density at radius 3 is 2.72 bits per heavy atom. The zero-order chi connectivity index (χ0) is 23.0. The monoisotopic (exact) mass is 500 g/mol. The van der Waals surface area contributed by atoms with Crippen LogP contribution in [0.15, 0.2) is 56.1 Å². The van der Waals surface area contributed by atoms with Crippen LogP contribution in [0.1, 0.15) is 48.0 Å². The van der Waals surface area contributed by atoms with E-state index in [4.69, 9.17) is 9.15 Å². The lowest BCUT2D eigenvalue weighted by Gasteiger charge is -2.25. The zero-order valence-corrected chi connectivity index (χ0v) is 19.1. The van der Waals surface area contributed by atoms with Gasteiger partial charge in [-0.3, -0.25) is 19.7 Å². The van der Waals surface area contributed by atoms with E-state index in [1.54, 1.807) is 30.3 Å². The number of carbonyl (C=O) groups excluding carboxylic acids is 1. The Bertz CT molecular complexity index is 1270. The fraction of sp³-hybridized carbons (Fsp3) is 0.304. The van der Waals surface area contributed by atoms with E-state index >= 15 is 0 Å². The van der Waals surface area contributed by atoms with E-state index in [9.17, 15) is 19.7 Å². The Labute approximate surface area is 192 Å². The van der Waals surface area contributed by atoms with E-state index in [1.165, 1.54) is 17.0 Å². The van der Waals surface area contributed by atoms with Crippen molar-refractivity contribution in [1.29, 1.82) is 0 Å². The van der Waals surface area contributed by atoms with Crippen molar-refractivity contribution in [2.75, 3.05) is 13.2 Å². The number of halogens is 1. The minimum atomic E-state index is -0.781. The molecular weight excluding hydrogens is 480 g/mol. The summed E-state index contributed by atoms with van der Waals surface area (Å²) in [6.45, 7) is 4.60. The van der Waals surface area contributed by atoms with E-state index in [2.05, 4.69) is 15.9 Å². The molecule has 1 amide bonds. The summed E-state index contributed by atoms with van der Waals surface area (Å²) in [7, 11) is 0. The van der Waals surface area contributed by atoms with Gasteiger partial charge >= 0.3 is 0 Å². The van der Waals surface area contributed by atoms with E-state index < -0.39 is 16.9 Å². The molecule has 0 spiro atoms. The molecule has 1 atom stereocenters. The van der Waals surface area contributed by atoms with Crippen LogP contribution < -0.4 is 5.43 Å². The van der Waals surface area contributed by atoms with Gasteiger partial charge in [0.05, 0.1) is 28.0 Å². The number of nitro benzene ring substituents is 1. The molecule has 8 nitrogen and oxygen atoms in total. The first-order valence-electron chi connectivity index (χ1n) is 10.2. The number of nitrogens with zero attached hydrogens (tertiary/aromatic N) is 2. The number of amides is 1. The van der Waals surface area contributed by atoms with Crippen LogP contribution in [0.3, 0.4) is 0 Å². The van der Waals surface area contributed by atoms with Gasteiger partial charge in [0.15, 0.2) is 5.43 Å². The molecule has 0 saturated heterocycles. The van der Waals surface area contributed by atoms with Crippen LogP contribution in [0, 0.1) is 10.1 Å². The van der Waals surface area contributed by atoms with Gasteiger partial charge in [0.25, 0.3) is 11.6 Å². The highest BCUT2D eigenvalue weighted by Crippen LogP contribution is 2.39. The first kappa shape index (κ1) is 22.2. The van der Waals surface area contributed by atoms with Gasteiger partial charge in [-0.25, -0.2) is 0 Å². The molecule has 2 aromatic carbocycles. The van der Waals surface area contributed by atoms with Crippen LogP contribution in [-0.4, -0.2) is 35.0 Å². The normalized spacial score (nSPS) is 15.6. The molecule has 0 bridgehead atoms. The summed E-state index contributed by atoms with van der Waals surface area (Å²) in [5, 5.41) is 11.7. The highest BCUT2D eigenvalue weighted by molar-refractivity contribution is 9.10. The highest BCUT2D eigenvalue weighted by Gasteiger charge is 2.42. The minimum Gasteiger partial charge on any atom is -0.450 e. The molecule has 3 aromatic rings. The molecule has 166 valence electrons. The van der Waals surface area contributed by atoms with Crippen LogP contribution in [-0.2, 0) is 4.74 Å². The van der Waals surface area contributed by atoms with Crippen LogP contribution in [0.5, 0.6) is 0 Å². The van der Waals surface area contributed by atoms with E-state index in [0.717, 1.165) is 0 Å². The Hall–Kier alpha value is -3.04. The van der Waals surface area contributed by atoms with Gasteiger partial charge < -0.3 is 14.1 Å². The molecule has 1 aliphatic heterocycles. The lowest BCUT2D eigenvalue weighted by molar-refractivity contribution is -0.384. The van der Waals surface area contributed by atoms with Gasteiger partial charge in [-0.1, -0.05) is 28.1 Å². The molecule has 0 aliphatic carbocycles. The maximum Gasteiger partial charge on any atom is 0.290 e. The predicted molar refractivity (Wildman–Crippen MR) is 122 cm³/mol. The van der Waals surface area contributed by atoms with Crippen LogP contribution in [0.25, 0.3) is 11.0 Å². The smallest absolute Gasteiger partial charge is 0.290 e. The fourth-order valence-electron chi connectivity index (χ4n) is 3.93. The molecule has 1 aromatic heterocycles. The minimum absolute atomic E-state index is 0.0221. The molecule has 0 fully saturated rings. The first-order chi connectivity index (χ1) is 15.3. The second-order valence-corrected chi connectivity index (χ2v) is 8.76. The van der Waals surface area contributed by atoms with Crippen molar-refractivity contribution in [3.8, 4) is 0 Å². The maximum atomic E-state index is 13.5. The Kier molecular flexibility index (Phi) is 6.12. The Morgan fingerprint density at radius 2 is 2.00 bits per heavy atom. The maximum absolute atomic E-state index is 13.5. The van der Waals surface area contributed by atoms with Gasteiger partial charge in [0.2, 0.25) is 5.76 Å². The fourth-order valence-corrected chi connectivity index (χ4v) is 4.29. The van der Waals surface area contributed by atoms with Crippen molar-refractivity contribution in [2.45, 2.75) is 32.4 Å². The third kappa shape index (κ3) is 4.05. The second kappa shape index (κ2) is 8.84. The molecule has 0 unspecified atom stereocenters. The Balaban J connectivity index is 1.85. The third-order valence-electron chi connectivity index (χ3n) is 5.32. The van der Waals surface area contributed by atoms with Crippen molar-refractivity contribution < 1.29 is 18.9 Å². The van der Waals surface area contributed by atoms with Gasteiger partial charge in [-0.05, 0) is 44.0 Å². The molecule has 0 N–H and O–H groups in total. The van der Waals surface area contributed by atoms with Crippen molar-refractivity contribution in [2.24, 2.45) is 0 Å². The summed E-state index contributed by atoms with van der Waals surface area (Å²) in [4.78, 5) is 39.1. The first-order valence-corrected chi connectivity index (χ1v) is 11.0. The topological polar surface area (TPSA) is 103 Å². The lowest BCUT2D eigenvalue weighted by atomic mass is 9.98. The number of rotatable bonds is 7. The number of nitro groups is 1. The zero-order valence-electron chi connectivity index (χ0n) is 17.5. The number of benzene rings is 2. The van der Waals surface area contributed by atoms with E-state index in [0.29, 0.717) is 40.6 Å². The largest absolute Gasteiger partial charge is 0.450 e. The summed E-state index contributed by atoms with van der Waals surface area (Å²) in [6.07, 6.45) is 0.601. The van der Waals surface area contributed by atoms with Crippen molar-refractivity contribution >= 4 is 38.5 Å². The number of carbonyl (C=O) groups is 1.